The summed E-state index contributed by atoms with van der Waals surface area (Å²) >= 11 is 0. The molecule has 0 bridgehead atoms. The molecule has 0 aliphatic carbocycles. The van der Waals surface area contributed by atoms with E-state index in [1.807, 2.05) is 6.07 Å². The number of aromatic nitrogens is 1. The van der Waals surface area contributed by atoms with Crippen molar-refractivity contribution in [3.8, 4) is 5.75 Å². The van der Waals surface area contributed by atoms with E-state index >= 15 is 0 Å². The van der Waals surface area contributed by atoms with Gasteiger partial charge in [0.05, 0.1) is 11.3 Å². The summed E-state index contributed by atoms with van der Waals surface area (Å²) in [5, 5.41) is 0. The fourth-order valence-electron chi connectivity index (χ4n) is 1.69. The molecule has 0 spiro atoms. The summed E-state index contributed by atoms with van der Waals surface area (Å²) < 4.78 is 10.6. The summed E-state index contributed by atoms with van der Waals surface area (Å²) in [6.45, 7) is 0.0172. The Morgan fingerprint density at radius 2 is 1.96 bits per heavy atom. The van der Waals surface area contributed by atoms with Crippen LogP contribution in [0.25, 0.3) is 0 Å². The second kappa shape index (κ2) is 7.93. The van der Waals surface area contributed by atoms with Gasteiger partial charge in [-0.3, -0.25) is 9.78 Å². The fraction of sp³-hybridized carbons (Fsp3) is 0.235. The van der Waals surface area contributed by atoms with Crippen molar-refractivity contribution in [2.24, 2.45) is 0 Å². The summed E-state index contributed by atoms with van der Waals surface area (Å²) in [5.41, 5.74) is 1.03. The van der Waals surface area contributed by atoms with Crippen molar-refractivity contribution in [1.82, 2.24) is 9.88 Å². The van der Waals surface area contributed by atoms with Gasteiger partial charge in [-0.1, -0.05) is 12.1 Å². The first-order valence-corrected chi connectivity index (χ1v) is 7.06. The van der Waals surface area contributed by atoms with E-state index in [4.69, 9.17) is 9.47 Å². The lowest BCUT2D eigenvalue weighted by molar-refractivity contribution is -0.130. The molecule has 6 heteroatoms. The van der Waals surface area contributed by atoms with Gasteiger partial charge in [-0.2, -0.15) is 0 Å². The zero-order valence-electron chi connectivity index (χ0n) is 13.1. The molecular weight excluding hydrogens is 296 g/mol. The maximum Gasteiger partial charge on any atom is 0.338 e. The van der Waals surface area contributed by atoms with E-state index < -0.39 is 5.97 Å². The third-order valence-electron chi connectivity index (χ3n) is 3.01. The summed E-state index contributed by atoms with van der Waals surface area (Å²) in [5.74, 6) is -0.194. The van der Waals surface area contributed by atoms with Crippen LogP contribution in [0.5, 0.6) is 5.75 Å². The van der Waals surface area contributed by atoms with Gasteiger partial charge in [-0.05, 0) is 30.3 Å². The van der Waals surface area contributed by atoms with Crippen molar-refractivity contribution < 1.29 is 19.1 Å². The predicted octanol–water partition coefficient (Wildman–Crippen LogP) is 1.91. The number of hydrogen-bond donors (Lipinski definition) is 0. The average molecular weight is 314 g/mol. The first-order valence-electron chi connectivity index (χ1n) is 7.06. The quantitative estimate of drug-likeness (QED) is 0.762. The number of rotatable bonds is 6. The number of esters is 1. The Hall–Kier alpha value is -2.89. The van der Waals surface area contributed by atoms with E-state index in [2.05, 4.69) is 4.98 Å². The summed E-state index contributed by atoms with van der Waals surface area (Å²) in [7, 11) is 3.30. The molecule has 0 atom stereocenters. The largest absolute Gasteiger partial charge is 0.484 e. The minimum absolute atomic E-state index is 0.0839. The molecule has 2 rings (SSSR count). The van der Waals surface area contributed by atoms with Gasteiger partial charge in [0, 0.05) is 20.3 Å². The van der Waals surface area contributed by atoms with Crippen LogP contribution in [0.4, 0.5) is 0 Å². The van der Waals surface area contributed by atoms with E-state index in [0.29, 0.717) is 17.0 Å². The smallest absolute Gasteiger partial charge is 0.338 e. The molecule has 23 heavy (non-hydrogen) atoms. The number of carbonyl (C=O) groups is 2. The van der Waals surface area contributed by atoms with Gasteiger partial charge >= 0.3 is 5.97 Å². The Labute approximate surface area is 134 Å². The van der Waals surface area contributed by atoms with Crippen molar-refractivity contribution in [3.05, 3.63) is 59.9 Å². The first-order chi connectivity index (χ1) is 11.1. The Morgan fingerprint density at radius 3 is 2.65 bits per heavy atom. The molecule has 0 aliphatic heterocycles. The number of pyridine rings is 1. The molecule has 120 valence electrons. The monoisotopic (exact) mass is 314 g/mol. The van der Waals surface area contributed by atoms with Crippen LogP contribution in [-0.2, 0) is 16.1 Å². The summed E-state index contributed by atoms with van der Waals surface area (Å²) in [4.78, 5) is 29.1. The maximum absolute atomic E-state index is 12.0. The molecule has 6 nitrogen and oxygen atoms in total. The molecule has 1 amide bonds. The van der Waals surface area contributed by atoms with Crippen LogP contribution in [-0.4, -0.2) is 42.5 Å². The minimum atomic E-state index is -0.472. The first kappa shape index (κ1) is 16.5. The zero-order chi connectivity index (χ0) is 16.7. The Balaban J connectivity index is 1.93. The molecule has 1 heterocycles. The lowest BCUT2D eigenvalue weighted by Gasteiger charge is -2.11. The van der Waals surface area contributed by atoms with Gasteiger partial charge in [0.1, 0.15) is 12.4 Å². The van der Waals surface area contributed by atoms with Gasteiger partial charge in [0.15, 0.2) is 6.61 Å². The van der Waals surface area contributed by atoms with E-state index in [-0.39, 0.29) is 19.1 Å². The van der Waals surface area contributed by atoms with Crippen LogP contribution in [0.15, 0.2) is 48.7 Å². The number of nitrogens with zero attached hydrogens (tertiary/aromatic N) is 2. The van der Waals surface area contributed by atoms with Gasteiger partial charge in [0.25, 0.3) is 5.91 Å². The number of carbonyl (C=O) groups excluding carboxylic acids is 2. The number of ether oxygens (including phenoxy) is 2. The normalized spacial score (nSPS) is 10.0. The molecule has 0 saturated heterocycles. The third kappa shape index (κ3) is 5.10. The van der Waals surface area contributed by atoms with Gasteiger partial charge in [-0.15, -0.1) is 0 Å². The van der Waals surface area contributed by atoms with E-state index in [0.717, 1.165) is 0 Å². The van der Waals surface area contributed by atoms with Crippen LogP contribution >= 0.6 is 0 Å². The number of benzene rings is 1. The lowest BCUT2D eigenvalue weighted by atomic mass is 10.2. The SMILES string of the molecule is CN(C)C(=O)COc1cccc(C(=O)OCc2ccccn2)c1. The molecule has 0 N–H and O–H groups in total. The Morgan fingerprint density at radius 1 is 1.13 bits per heavy atom. The Bertz CT molecular complexity index is 671. The molecule has 0 saturated carbocycles. The third-order valence-corrected chi connectivity index (χ3v) is 3.01. The van der Waals surface area contributed by atoms with Gasteiger partial charge < -0.3 is 14.4 Å². The molecule has 2 aromatic rings. The van der Waals surface area contributed by atoms with Crippen molar-refractivity contribution in [2.75, 3.05) is 20.7 Å². The van der Waals surface area contributed by atoms with Crippen molar-refractivity contribution >= 4 is 11.9 Å². The number of hydrogen-bond acceptors (Lipinski definition) is 5. The molecule has 0 radical (unpaired) electrons. The molecule has 0 unspecified atom stereocenters. The zero-order valence-corrected chi connectivity index (χ0v) is 13.1. The highest BCUT2D eigenvalue weighted by atomic mass is 16.5. The van der Waals surface area contributed by atoms with Crippen LogP contribution < -0.4 is 4.74 Å². The van der Waals surface area contributed by atoms with Gasteiger partial charge in [0.2, 0.25) is 0 Å². The highest BCUT2D eigenvalue weighted by Gasteiger charge is 2.10. The average Bonchev–Trinajstić information content (AvgIpc) is 2.58. The number of amides is 1. The van der Waals surface area contributed by atoms with Crippen LogP contribution in [0.1, 0.15) is 16.1 Å². The summed E-state index contributed by atoms with van der Waals surface area (Å²) in [6.07, 6.45) is 1.64. The topological polar surface area (TPSA) is 68.7 Å². The van der Waals surface area contributed by atoms with Crippen LogP contribution in [0.2, 0.25) is 0 Å². The van der Waals surface area contributed by atoms with Crippen molar-refractivity contribution in [1.29, 1.82) is 0 Å². The van der Waals surface area contributed by atoms with E-state index in [1.54, 1.807) is 56.7 Å². The second-order valence-corrected chi connectivity index (χ2v) is 5.00. The predicted molar refractivity (Wildman–Crippen MR) is 84.0 cm³/mol. The molecule has 0 fully saturated rings. The Kier molecular flexibility index (Phi) is 5.68. The summed E-state index contributed by atoms with van der Waals surface area (Å²) in [6, 6.07) is 11.9. The molecular formula is C17H18N2O4. The molecule has 0 aliphatic rings. The lowest BCUT2D eigenvalue weighted by Crippen LogP contribution is -2.27. The standard InChI is InChI=1S/C17H18N2O4/c1-19(2)16(20)12-22-15-8-5-6-13(10-15)17(21)23-11-14-7-3-4-9-18-14/h3-10H,11-12H2,1-2H3. The highest BCUT2D eigenvalue weighted by Crippen LogP contribution is 2.15. The van der Waals surface area contributed by atoms with Crippen molar-refractivity contribution in [3.63, 3.8) is 0 Å². The van der Waals surface area contributed by atoms with Gasteiger partial charge in [-0.25, -0.2) is 4.79 Å². The van der Waals surface area contributed by atoms with Crippen LogP contribution in [0.3, 0.4) is 0 Å². The van der Waals surface area contributed by atoms with Crippen LogP contribution in [0, 0.1) is 0 Å². The fourth-order valence-corrected chi connectivity index (χ4v) is 1.69. The molecule has 1 aromatic heterocycles. The molecule has 1 aromatic carbocycles. The highest BCUT2D eigenvalue weighted by molar-refractivity contribution is 5.89. The van der Waals surface area contributed by atoms with E-state index in [1.165, 1.54) is 4.90 Å². The second-order valence-electron chi connectivity index (χ2n) is 5.00. The van der Waals surface area contributed by atoms with E-state index in [9.17, 15) is 9.59 Å². The number of likely N-dealkylation sites (N-methyl/N-ethyl adjacent to an activating group) is 1. The maximum atomic E-state index is 12.0. The van der Waals surface area contributed by atoms with Crippen molar-refractivity contribution in [2.45, 2.75) is 6.61 Å². The minimum Gasteiger partial charge on any atom is -0.484 e.